The Hall–Kier alpha value is -2.08. The molecular formula is C21H25Cl2N3O2. The Bertz CT molecular complexity index is 855. The van der Waals surface area contributed by atoms with E-state index in [1.54, 1.807) is 37.1 Å². The van der Waals surface area contributed by atoms with Crippen molar-refractivity contribution in [3.05, 3.63) is 58.1 Å². The minimum Gasteiger partial charge on any atom is -0.325 e. The van der Waals surface area contributed by atoms with Crippen molar-refractivity contribution in [1.82, 2.24) is 4.90 Å². The number of benzene rings is 2. The molecule has 0 bridgehead atoms. The van der Waals surface area contributed by atoms with Gasteiger partial charge in [0.1, 0.15) is 0 Å². The molecule has 0 aliphatic carbocycles. The van der Waals surface area contributed by atoms with Crippen molar-refractivity contribution in [3.8, 4) is 0 Å². The third-order valence-corrected chi connectivity index (χ3v) is 5.22. The van der Waals surface area contributed by atoms with Gasteiger partial charge in [0.05, 0.1) is 22.6 Å². The van der Waals surface area contributed by atoms with Crippen LogP contribution in [0.15, 0.2) is 42.5 Å². The molecule has 0 saturated heterocycles. The summed E-state index contributed by atoms with van der Waals surface area (Å²) < 4.78 is 0. The van der Waals surface area contributed by atoms with Gasteiger partial charge in [-0.15, -0.1) is 0 Å². The van der Waals surface area contributed by atoms with Crippen LogP contribution in [0.3, 0.4) is 0 Å². The van der Waals surface area contributed by atoms with Crippen LogP contribution in [0.25, 0.3) is 0 Å². The van der Waals surface area contributed by atoms with Gasteiger partial charge in [-0.05, 0) is 49.7 Å². The molecule has 150 valence electrons. The summed E-state index contributed by atoms with van der Waals surface area (Å²) in [7, 11) is 1.73. The molecule has 5 nitrogen and oxygen atoms in total. The summed E-state index contributed by atoms with van der Waals surface area (Å²) in [5.41, 5.74) is 2.42. The monoisotopic (exact) mass is 421 g/mol. The number of nitrogens with one attached hydrogen (secondary N) is 2. The van der Waals surface area contributed by atoms with Gasteiger partial charge in [0.25, 0.3) is 0 Å². The summed E-state index contributed by atoms with van der Waals surface area (Å²) in [6.45, 7) is 5.97. The van der Waals surface area contributed by atoms with Crippen LogP contribution in [0.4, 0.5) is 11.4 Å². The van der Waals surface area contributed by atoms with Crippen molar-refractivity contribution in [2.24, 2.45) is 0 Å². The molecule has 28 heavy (non-hydrogen) atoms. The highest BCUT2D eigenvalue weighted by atomic mass is 35.5. The maximum Gasteiger partial charge on any atom is 0.241 e. The van der Waals surface area contributed by atoms with Crippen LogP contribution in [0.5, 0.6) is 0 Å². The molecule has 0 saturated carbocycles. The van der Waals surface area contributed by atoms with Gasteiger partial charge in [-0.25, -0.2) is 0 Å². The smallest absolute Gasteiger partial charge is 0.241 e. The second-order valence-corrected chi connectivity index (χ2v) is 7.81. The Labute approximate surface area is 176 Å². The van der Waals surface area contributed by atoms with Crippen LogP contribution in [-0.4, -0.2) is 36.3 Å². The number of amides is 2. The number of rotatable bonds is 7. The number of carbonyl (C=O) groups excluding carboxylic acids is 2. The van der Waals surface area contributed by atoms with E-state index in [2.05, 4.69) is 24.5 Å². The van der Waals surface area contributed by atoms with E-state index in [-0.39, 0.29) is 18.4 Å². The number of hydrogen-bond donors (Lipinski definition) is 2. The molecule has 2 aromatic carbocycles. The Balaban J connectivity index is 1.96. The number of para-hydroxylation sites is 1. The lowest BCUT2D eigenvalue weighted by Gasteiger charge is -2.24. The van der Waals surface area contributed by atoms with Crippen LogP contribution in [0.1, 0.15) is 32.3 Å². The van der Waals surface area contributed by atoms with Crippen molar-refractivity contribution in [1.29, 1.82) is 0 Å². The summed E-state index contributed by atoms with van der Waals surface area (Å²) >= 11 is 11.8. The lowest BCUT2D eigenvalue weighted by Crippen LogP contribution is -2.43. The first-order chi connectivity index (χ1) is 13.2. The molecule has 2 N–H and O–H groups in total. The molecule has 0 radical (unpaired) electrons. The Morgan fingerprint density at radius 1 is 1.00 bits per heavy atom. The molecule has 0 spiro atoms. The number of anilines is 2. The fourth-order valence-corrected chi connectivity index (χ4v) is 2.99. The van der Waals surface area contributed by atoms with Crippen molar-refractivity contribution >= 4 is 46.4 Å². The first kappa shape index (κ1) is 22.2. The first-order valence-electron chi connectivity index (χ1n) is 9.04. The van der Waals surface area contributed by atoms with Crippen LogP contribution in [-0.2, 0) is 9.59 Å². The molecule has 0 heterocycles. The van der Waals surface area contributed by atoms with Crippen molar-refractivity contribution in [2.75, 3.05) is 24.2 Å². The van der Waals surface area contributed by atoms with Gasteiger partial charge in [-0.2, -0.15) is 0 Å². The lowest BCUT2D eigenvalue weighted by atomic mass is 10.0. The van der Waals surface area contributed by atoms with Crippen LogP contribution in [0, 0.1) is 0 Å². The molecule has 2 amide bonds. The van der Waals surface area contributed by atoms with Gasteiger partial charge in [-0.3, -0.25) is 14.5 Å². The Kier molecular flexibility index (Phi) is 7.87. The summed E-state index contributed by atoms with van der Waals surface area (Å²) in [5.74, 6) is -0.123. The van der Waals surface area contributed by atoms with Crippen molar-refractivity contribution < 1.29 is 9.59 Å². The predicted octanol–water partition coefficient (Wildman–Crippen LogP) is 5.01. The quantitative estimate of drug-likeness (QED) is 0.659. The third kappa shape index (κ3) is 5.96. The maximum atomic E-state index is 12.6. The van der Waals surface area contributed by atoms with E-state index in [4.69, 9.17) is 23.2 Å². The predicted molar refractivity (Wildman–Crippen MR) is 116 cm³/mol. The lowest BCUT2D eigenvalue weighted by molar-refractivity contribution is -0.122. The molecule has 1 unspecified atom stereocenters. The zero-order valence-corrected chi connectivity index (χ0v) is 17.9. The standard InChI is InChI=1S/C21H25Cl2N3O2/c1-13(2)16-7-5-6-8-19(16)25-21(28)14(3)26(4)12-20(27)24-15-9-10-17(22)18(23)11-15/h5-11,13-14H,12H2,1-4H3,(H,24,27)(H,25,28). The van der Waals surface area contributed by atoms with Gasteiger partial charge in [0.2, 0.25) is 11.8 Å². The van der Waals surface area contributed by atoms with Gasteiger partial charge < -0.3 is 10.6 Å². The largest absolute Gasteiger partial charge is 0.325 e. The summed E-state index contributed by atoms with van der Waals surface area (Å²) in [6.07, 6.45) is 0. The summed E-state index contributed by atoms with van der Waals surface area (Å²) in [6, 6.07) is 12.1. The molecule has 0 fully saturated rings. The molecule has 0 aromatic heterocycles. The van der Waals surface area contributed by atoms with E-state index in [1.807, 2.05) is 24.3 Å². The fraction of sp³-hybridized carbons (Fsp3) is 0.333. The van der Waals surface area contributed by atoms with Crippen molar-refractivity contribution in [3.63, 3.8) is 0 Å². The molecular weight excluding hydrogens is 397 g/mol. The van der Waals surface area contributed by atoms with Crippen molar-refractivity contribution in [2.45, 2.75) is 32.7 Å². The zero-order chi connectivity index (χ0) is 20.8. The topological polar surface area (TPSA) is 61.4 Å². The second-order valence-electron chi connectivity index (χ2n) is 7.00. The molecule has 7 heteroatoms. The number of halogens is 2. The minimum absolute atomic E-state index is 0.0562. The highest BCUT2D eigenvalue weighted by Gasteiger charge is 2.21. The number of hydrogen-bond acceptors (Lipinski definition) is 3. The second kappa shape index (κ2) is 9.92. The Morgan fingerprint density at radius 3 is 2.32 bits per heavy atom. The normalized spacial score (nSPS) is 12.1. The average molecular weight is 422 g/mol. The van der Waals surface area contributed by atoms with E-state index < -0.39 is 6.04 Å². The van der Waals surface area contributed by atoms with Crippen LogP contribution < -0.4 is 10.6 Å². The first-order valence-corrected chi connectivity index (χ1v) is 9.79. The highest BCUT2D eigenvalue weighted by molar-refractivity contribution is 6.42. The van der Waals surface area contributed by atoms with E-state index in [0.717, 1.165) is 11.3 Å². The van der Waals surface area contributed by atoms with Gasteiger partial charge in [0, 0.05) is 11.4 Å². The highest BCUT2D eigenvalue weighted by Crippen LogP contribution is 2.25. The number of likely N-dealkylation sites (N-methyl/N-ethyl adjacent to an activating group) is 1. The summed E-state index contributed by atoms with van der Waals surface area (Å²) in [5, 5.41) is 6.50. The van der Waals surface area contributed by atoms with E-state index in [9.17, 15) is 9.59 Å². The fourth-order valence-electron chi connectivity index (χ4n) is 2.69. The number of nitrogens with zero attached hydrogens (tertiary/aromatic N) is 1. The van der Waals surface area contributed by atoms with E-state index in [1.165, 1.54) is 0 Å². The van der Waals surface area contributed by atoms with Gasteiger partial charge in [0.15, 0.2) is 0 Å². The number of carbonyl (C=O) groups is 2. The maximum absolute atomic E-state index is 12.6. The van der Waals surface area contributed by atoms with E-state index >= 15 is 0 Å². The van der Waals surface area contributed by atoms with Gasteiger partial charge in [-0.1, -0.05) is 55.2 Å². The summed E-state index contributed by atoms with van der Waals surface area (Å²) in [4.78, 5) is 26.6. The third-order valence-electron chi connectivity index (χ3n) is 4.48. The molecule has 0 aliphatic heterocycles. The molecule has 0 aliphatic rings. The van der Waals surface area contributed by atoms with Crippen LogP contribution in [0.2, 0.25) is 10.0 Å². The minimum atomic E-state index is -0.486. The van der Waals surface area contributed by atoms with Crippen LogP contribution >= 0.6 is 23.2 Å². The SMILES string of the molecule is CC(C)c1ccccc1NC(=O)C(C)N(C)CC(=O)Nc1ccc(Cl)c(Cl)c1. The van der Waals surface area contributed by atoms with E-state index in [0.29, 0.717) is 21.7 Å². The average Bonchev–Trinajstić information content (AvgIpc) is 2.64. The Morgan fingerprint density at radius 2 is 1.68 bits per heavy atom. The zero-order valence-electron chi connectivity index (χ0n) is 16.4. The molecule has 1 atom stereocenters. The molecule has 2 rings (SSSR count). The van der Waals surface area contributed by atoms with Gasteiger partial charge >= 0.3 is 0 Å². The molecule has 2 aromatic rings.